The zero-order valence-corrected chi connectivity index (χ0v) is 15.5. The summed E-state index contributed by atoms with van der Waals surface area (Å²) in [6, 6.07) is 17.0. The molecule has 7 heteroatoms. The summed E-state index contributed by atoms with van der Waals surface area (Å²) in [7, 11) is 0. The number of halogens is 2. The van der Waals surface area contributed by atoms with Gasteiger partial charge in [0.25, 0.3) is 5.69 Å². The SMILES string of the molecule is N#C/C(=C/c1ccc(-c2ccc([N+](=O)[O-])cc2Br)o1)c1ccc(Cl)cc1. The molecule has 0 aliphatic carbocycles. The molecule has 0 unspecified atom stereocenters. The molecule has 3 rings (SSSR count). The Hall–Kier alpha value is -2.88. The van der Waals surface area contributed by atoms with E-state index in [9.17, 15) is 15.4 Å². The molecule has 1 heterocycles. The molecule has 26 heavy (non-hydrogen) atoms. The Kier molecular flexibility index (Phi) is 5.21. The first kappa shape index (κ1) is 17.9. The summed E-state index contributed by atoms with van der Waals surface area (Å²) in [4.78, 5) is 10.4. The number of nitrogens with zero attached hydrogens (tertiary/aromatic N) is 2. The molecule has 0 bridgehead atoms. The maximum Gasteiger partial charge on any atom is 0.270 e. The molecule has 0 saturated carbocycles. The molecule has 128 valence electrons. The summed E-state index contributed by atoms with van der Waals surface area (Å²) < 4.78 is 6.33. The molecule has 0 spiro atoms. The van der Waals surface area contributed by atoms with Gasteiger partial charge in [-0.1, -0.05) is 23.7 Å². The van der Waals surface area contributed by atoms with Crippen molar-refractivity contribution < 1.29 is 9.34 Å². The van der Waals surface area contributed by atoms with Crippen LogP contribution >= 0.6 is 27.5 Å². The number of furan rings is 1. The van der Waals surface area contributed by atoms with E-state index in [-0.39, 0.29) is 5.69 Å². The van der Waals surface area contributed by atoms with Crippen molar-refractivity contribution in [1.29, 1.82) is 5.26 Å². The third kappa shape index (κ3) is 3.85. The van der Waals surface area contributed by atoms with Crippen LogP contribution in [0.2, 0.25) is 5.02 Å². The van der Waals surface area contributed by atoms with Crippen LogP contribution in [0.4, 0.5) is 5.69 Å². The highest BCUT2D eigenvalue weighted by Gasteiger charge is 2.13. The van der Waals surface area contributed by atoms with Crippen LogP contribution < -0.4 is 0 Å². The Balaban J connectivity index is 1.93. The highest BCUT2D eigenvalue weighted by molar-refractivity contribution is 9.10. The molecular weight excluding hydrogens is 420 g/mol. The number of allylic oxidation sites excluding steroid dienone is 1. The van der Waals surface area contributed by atoms with Gasteiger partial charge in [-0.2, -0.15) is 5.26 Å². The van der Waals surface area contributed by atoms with Crippen LogP contribution in [0.15, 0.2) is 63.5 Å². The number of hydrogen-bond acceptors (Lipinski definition) is 4. The standard InChI is InChI=1S/C19H10BrClN2O3/c20-18-10-15(23(24)25)5-7-17(18)19-8-6-16(26-19)9-13(11-22)12-1-3-14(21)4-2-12/h1-10H/b13-9-. The van der Waals surface area contributed by atoms with Crippen LogP contribution in [0.1, 0.15) is 11.3 Å². The Morgan fingerprint density at radius 1 is 1.19 bits per heavy atom. The fourth-order valence-electron chi connectivity index (χ4n) is 2.34. The van der Waals surface area contributed by atoms with Gasteiger partial charge in [0, 0.05) is 27.2 Å². The largest absolute Gasteiger partial charge is 0.457 e. The molecule has 5 nitrogen and oxygen atoms in total. The average molecular weight is 430 g/mol. The number of nitro benzene ring substituents is 1. The van der Waals surface area contributed by atoms with Crippen LogP contribution in [-0.4, -0.2) is 4.92 Å². The molecule has 0 N–H and O–H groups in total. The lowest BCUT2D eigenvalue weighted by atomic mass is 10.1. The van der Waals surface area contributed by atoms with Crippen molar-refractivity contribution in [2.24, 2.45) is 0 Å². The van der Waals surface area contributed by atoms with Gasteiger partial charge >= 0.3 is 0 Å². The van der Waals surface area contributed by atoms with E-state index < -0.39 is 4.92 Å². The second kappa shape index (κ2) is 7.56. The summed E-state index contributed by atoms with van der Waals surface area (Å²) in [5.41, 5.74) is 1.83. The Labute approximate surface area is 162 Å². The first-order chi connectivity index (χ1) is 12.5. The maximum atomic E-state index is 10.8. The minimum Gasteiger partial charge on any atom is -0.457 e. The third-order valence-corrected chi connectivity index (χ3v) is 4.53. The van der Waals surface area contributed by atoms with Crippen LogP contribution in [-0.2, 0) is 0 Å². The first-order valence-electron chi connectivity index (χ1n) is 7.40. The molecular formula is C19H10BrClN2O3. The monoisotopic (exact) mass is 428 g/mol. The molecule has 0 radical (unpaired) electrons. The van der Waals surface area contributed by atoms with E-state index >= 15 is 0 Å². The van der Waals surface area contributed by atoms with Crippen molar-refractivity contribution in [1.82, 2.24) is 0 Å². The normalized spacial score (nSPS) is 11.2. The summed E-state index contributed by atoms with van der Waals surface area (Å²) in [5, 5.41) is 20.8. The van der Waals surface area contributed by atoms with Crippen molar-refractivity contribution in [3.05, 3.63) is 85.5 Å². The molecule has 0 fully saturated rings. The second-order valence-corrected chi connectivity index (χ2v) is 6.59. The Morgan fingerprint density at radius 2 is 1.92 bits per heavy atom. The van der Waals surface area contributed by atoms with E-state index in [2.05, 4.69) is 22.0 Å². The predicted octanol–water partition coefficient (Wildman–Crippen LogP) is 6.33. The van der Waals surface area contributed by atoms with E-state index in [4.69, 9.17) is 16.0 Å². The van der Waals surface area contributed by atoms with Crippen molar-refractivity contribution in [2.45, 2.75) is 0 Å². The minimum atomic E-state index is -0.462. The van der Waals surface area contributed by atoms with E-state index in [1.807, 2.05) is 0 Å². The smallest absolute Gasteiger partial charge is 0.270 e. The zero-order valence-electron chi connectivity index (χ0n) is 13.1. The summed E-state index contributed by atoms with van der Waals surface area (Å²) >= 11 is 9.19. The van der Waals surface area contributed by atoms with Crippen molar-refractivity contribution >= 4 is 44.9 Å². The van der Waals surface area contributed by atoms with Gasteiger partial charge in [-0.15, -0.1) is 0 Å². The van der Waals surface area contributed by atoms with Gasteiger partial charge in [0.15, 0.2) is 0 Å². The predicted molar refractivity (Wildman–Crippen MR) is 103 cm³/mol. The molecule has 1 aromatic heterocycles. The van der Waals surface area contributed by atoms with Crippen LogP contribution in [0.5, 0.6) is 0 Å². The highest BCUT2D eigenvalue weighted by atomic mass is 79.9. The summed E-state index contributed by atoms with van der Waals surface area (Å²) in [6.07, 6.45) is 1.63. The van der Waals surface area contributed by atoms with Crippen molar-refractivity contribution in [3.63, 3.8) is 0 Å². The molecule has 0 aliphatic rings. The molecule has 0 atom stereocenters. The number of non-ortho nitro benzene ring substituents is 1. The quantitative estimate of drug-likeness (QED) is 0.275. The van der Waals surface area contributed by atoms with Gasteiger partial charge in [0.2, 0.25) is 0 Å². The number of benzene rings is 2. The van der Waals surface area contributed by atoms with E-state index in [1.165, 1.54) is 12.1 Å². The molecule has 3 aromatic rings. The molecule has 0 amide bonds. The molecule has 2 aromatic carbocycles. The fraction of sp³-hybridized carbons (Fsp3) is 0. The number of rotatable bonds is 4. The van der Waals surface area contributed by atoms with Crippen LogP contribution in [0, 0.1) is 21.4 Å². The van der Waals surface area contributed by atoms with E-state index in [1.54, 1.807) is 48.5 Å². The lowest BCUT2D eigenvalue weighted by molar-refractivity contribution is -0.384. The Bertz CT molecular complexity index is 1050. The third-order valence-electron chi connectivity index (χ3n) is 3.62. The van der Waals surface area contributed by atoms with E-state index in [0.29, 0.717) is 32.2 Å². The zero-order chi connectivity index (χ0) is 18.7. The average Bonchev–Trinajstić information content (AvgIpc) is 3.08. The summed E-state index contributed by atoms with van der Waals surface area (Å²) in [5.74, 6) is 1.03. The fourth-order valence-corrected chi connectivity index (χ4v) is 3.03. The lowest BCUT2D eigenvalue weighted by Gasteiger charge is -2.01. The first-order valence-corrected chi connectivity index (χ1v) is 8.57. The molecule has 0 aliphatic heterocycles. The van der Waals surface area contributed by atoms with Crippen molar-refractivity contribution in [3.8, 4) is 17.4 Å². The molecule has 0 saturated heterocycles. The van der Waals surface area contributed by atoms with Gasteiger partial charge in [-0.3, -0.25) is 10.1 Å². The summed E-state index contributed by atoms with van der Waals surface area (Å²) in [6.45, 7) is 0. The number of nitro groups is 1. The van der Waals surface area contributed by atoms with Crippen molar-refractivity contribution in [2.75, 3.05) is 0 Å². The highest BCUT2D eigenvalue weighted by Crippen LogP contribution is 2.33. The van der Waals surface area contributed by atoms with Gasteiger partial charge in [0.1, 0.15) is 11.5 Å². The van der Waals surface area contributed by atoms with Crippen LogP contribution in [0.3, 0.4) is 0 Å². The number of hydrogen-bond donors (Lipinski definition) is 0. The topological polar surface area (TPSA) is 80.1 Å². The second-order valence-electron chi connectivity index (χ2n) is 5.30. The Morgan fingerprint density at radius 3 is 2.54 bits per heavy atom. The number of nitriles is 1. The van der Waals surface area contributed by atoms with Gasteiger partial charge in [0.05, 0.1) is 16.6 Å². The lowest BCUT2D eigenvalue weighted by Crippen LogP contribution is -1.88. The minimum absolute atomic E-state index is 0.0122. The maximum absolute atomic E-state index is 10.8. The van der Waals surface area contributed by atoms with Gasteiger partial charge in [-0.25, -0.2) is 0 Å². The van der Waals surface area contributed by atoms with Crippen LogP contribution in [0.25, 0.3) is 23.0 Å². The van der Waals surface area contributed by atoms with Gasteiger partial charge in [-0.05, 0) is 57.9 Å². The van der Waals surface area contributed by atoms with E-state index in [0.717, 1.165) is 5.56 Å². The van der Waals surface area contributed by atoms with Gasteiger partial charge < -0.3 is 4.42 Å².